The third kappa shape index (κ3) is 5.31. The number of carbonyl (C=O) groups excluding carboxylic acids is 1. The summed E-state index contributed by atoms with van der Waals surface area (Å²) in [6.07, 6.45) is 3.73. The number of hydrogen-bond donors (Lipinski definition) is 2. The number of likely N-dealkylation sites (N-methyl/N-ethyl adjacent to an activating group) is 1. The van der Waals surface area contributed by atoms with Crippen LogP contribution in [0.15, 0.2) is 72.4 Å². The molecule has 37 heavy (non-hydrogen) atoms. The molecule has 3 heterocycles. The molecule has 0 spiro atoms. The van der Waals surface area contributed by atoms with Gasteiger partial charge in [0.05, 0.1) is 5.69 Å². The van der Waals surface area contributed by atoms with Crippen LogP contribution in [0, 0.1) is 5.82 Å². The highest BCUT2D eigenvalue weighted by atomic mass is 19.1. The van der Waals surface area contributed by atoms with E-state index >= 15 is 0 Å². The summed E-state index contributed by atoms with van der Waals surface area (Å²) in [7, 11) is 2.12. The normalized spacial score (nSPS) is 13.9. The fraction of sp³-hybridized carbons (Fsp3) is 0.192. The number of piperazine rings is 1. The molecule has 2 aromatic heterocycles. The maximum Gasteiger partial charge on any atom is 0.283 e. The van der Waals surface area contributed by atoms with E-state index in [1.807, 2.05) is 24.3 Å². The third-order valence-electron chi connectivity index (χ3n) is 6.12. The van der Waals surface area contributed by atoms with Crippen LogP contribution in [0.3, 0.4) is 0 Å². The topological polar surface area (TPSA) is 108 Å². The summed E-state index contributed by atoms with van der Waals surface area (Å²) in [5.41, 5.74) is 2.19. The number of hydrogen-bond acceptors (Lipinski definition) is 8. The quantitative estimate of drug-likeness (QED) is 0.389. The molecule has 1 aliphatic rings. The molecule has 1 fully saturated rings. The van der Waals surface area contributed by atoms with E-state index in [9.17, 15) is 14.0 Å². The summed E-state index contributed by atoms with van der Waals surface area (Å²) >= 11 is 0. The van der Waals surface area contributed by atoms with E-state index in [1.165, 1.54) is 29.2 Å². The lowest BCUT2D eigenvalue weighted by atomic mass is 10.2. The third-order valence-corrected chi connectivity index (χ3v) is 6.12. The smallest absolute Gasteiger partial charge is 0.283 e. The van der Waals surface area contributed by atoms with Gasteiger partial charge in [-0.2, -0.15) is 9.97 Å². The minimum atomic E-state index is -0.587. The Hall–Kier alpha value is -4.64. The fourth-order valence-electron chi connectivity index (χ4n) is 4.12. The zero-order valence-corrected chi connectivity index (χ0v) is 20.2. The number of nitrogens with one attached hydrogen (secondary N) is 2. The Morgan fingerprint density at radius 3 is 2.51 bits per heavy atom. The van der Waals surface area contributed by atoms with E-state index < -0.39 is 17.3 Å². The summed E-state index contributed by atoms with van der Waals surface area (Å²) in [6.45, 7) is 7.40. The highest BCUT2D eigenvalue weighted by Crippen LogP contribution is 2.23. The van der Waals surface area contributed by atoms with E-state index in [1.54, 1.807) is 6.07 Å². The molecular formula is C26H25FN8O2. The predicted octanol–water partition coefficient (Wildman–Crippen LogP) is 2.93. The molecule has 0 unspecified atom stereocenters. The number of carbonyl (C=O) groups is 1. The molecule has 10 nitrogen and oxygen atoms in total. The average Bonchev–Trinajstić information content (AvgIpc) is 2.89. The number of nitrogens with zero attached hydrogens (tertiary/aromatic N) is 6. The van der Waals surface area contributed by atoms with Gasteiger partial charge in [0.2, 0.25) is 11.9 Å². The molecule has 5 rings (SSSR count). The average molecular weight is 501 g/mol. The van der Waals surface area contributed by atoms with Gasteiger partial charge >= 0.3 is 0 Å². The van der Waals surface area contributed by atoms with Crippen molar-refractivity contribution in [2.75, 3.05) is 48.8 Å². The second-order valence-electron chi connectivity index (χ2n) is 8.70. The molecule has 1 saturated heterocycles. The van der Waals surface area contributed by atoms with Crippen molar-refractivity contribution < 1.29 is 9.18 Å². The van der Waals surface area contributed by atoms with Crippen LogP contribution in [0.4, 0.5) is 27.4 Å². The Morgan fingerprint density at radius 1 is 1.03 bits per heavy atom. The number of amides is 1. The van der Waals surface area contributed by atoms with Crippen molar-refractivity contribution in [1.29, 1.82) is 0 Å². The zero-order valence-electron chi connectivity index (χ0n) is 20.2. The number of anilines is 4. The van der Waals surface area contributed by atoms with Crippen molar-refractivity contribution in [1.82, 2.24) is 24.4 Å². The van der Waals surface area contributed by atoms with Crippen LogP contribution < -0.4 is 21.1 Å². The summed E-state index contributed by atoms with van der Waals surface area (Å²) < 4.78 is 15.8. The predicted molar refractivity (Wildman–Crippen MR) is 141 cm³/mol. The Bertz CT molecular complexity index is 1530. The first-order valence-corrected chi connectivity index (χ1v) is 11.7. The molecule has 2 aromatic carbocycles. The molecule has 0 aliphatic carbocycles. The molecule has 188 valence electrons. The fourth-order valence-corrected chi connectivity index (χ4v) is 4.12. The van der Waals surface area contributed by atoms with Gasteiger partial charge in [-0.3, -0.25) is 14.2 Å². The molecule has 2 N–H and O–H groups in total. The highest BCUT2D eigenvalue weighted by Gasteiger charge is 2.15. The molecule has 1 amide bonds. The molecular weight excluding hydrogens is 475 g/mol. The second kappa shape index (κ2) is 10.2. The number of halogens is 1. The van der Waals surface area contributed by atoms with Crippen LogP contribution in [0.25, 0.3) is 16.7 Å². The van der Waals surface area contributed by atoms with E-state index in [2.05, 4.69) is 49.0 Å². The number of rotatable bonds is 6. The first-order chi connectivity index (χ1) is 17.9. The van der Waals surface area contributed by atoms with Gasteiger partial charge in [-0.25, -0.2) is 9.37 Å². The van der Waals surface area contributed by atoms with Gasteiger partial charge in [0.15, 0.2) is 5.65 Å². The molecule has 1 aliphatic heterocycles. The molecule has 0 saturated carbocycles. The molecule has 4 aromatic rings. The van der Waals surface area contributed by atoms with Gasteiger partial charge in [0.1, 0.15) is 17.5 Å². The lowest BCUT2D eigenvalue weighted by Gasteiger charge is -2.34. The van der Waals surface area contributed by atoms with Crippen LogP contribution in [-0.4, -0.2) is 63.6 Å². The van der Waals surface area contributed by atoms with E-state index in [0.717, 1.165) is 43.6 Å². The largest absolute Gasteiger partial charge is 0.369 e. The van der Waals surface area contributed by atoms with Crippen LogP contribution >= 0.6 is 0 Å². The van der Waals surface area contributed by atoms with Crippen LogP contribution in [0.5, 0.6) is 0 Å². The molecule has 0 atom stereocenters. The SMILES string of the molecule is C=CC(=O)Nc1cc(F)cc(-n2cnc(=O)c3cnc(Nc4ccc(N5CCN(C)CC5)cc4)nc32)c1. The first kappa shape index (κ1) is 24.1. The maximum absolute atomic E-state index is 14.4. The standard InChI is InChI=1S/C26H25FN8O2/c1-3-23(36)30-19-12-17(27)13-21(14-19)35-16-29-25(37)22-15-28-26(32-24(22)35)31-18-4-6-20(7-5-18)34-10-8-33(2)9-11-34/h3-7,12-16H,1,8-11H2,2H3,(H,30,36)(H,28,31,32). The Kier molecular flexibility index (Phi) is 6.60. The van der Waals surface area contributed by atoms with Gasteiger partial charge in [-0.15, -0.1) is 0 Å². The van der Waals surface area contributed by atoms with E-state index in [-0.39, 0.29) is 22.7 Å². The van der Waals surface area contributed by atoms with E-state index in [0.29, 0.717) is 5.69 Å². The molecule has 11 heteroatoms. The number of fused-ring (bicyclic) bond motifs is 1. The monoisotopic (exact) mass is 500 g/mol. The van der Waals surface area contributed by atoms with Crippen LogP contribution in [0.2, 0.25) is 0 Å². The van der Waals surface area contributed by atoms with Gasteiger partial charge in [0, 0.05) is 49.4 Å². The van der Waals surface area contributed by atoms with Crippen molar-refractivity contribution in [3.8, 4) is 5.69 Å². The lowest BCUT2D eigenvalue weighted by Crippen LogP contribution is -2.44. The van der Waals surface area contributed by atoms with Crippen molar-refractivity contribution >= 4 is 40.0 Å². The van der Waals surface area contributed by atoms with Crippen molar-refractivity contribution in [3.63, 3.8) is 0 Å². The Balaban J connectivity index is 1.45. The first-order valence-electron chi connectivity index (χ1n) is 11.7. The molecule has 0 radical (unpaired) electrons. The van der Waals surface area contributed by atoms with Gasteiger partial charge < -0.3 is 20.4 Å². The summed E-state index contributed by atoms with van der Waals surface area (Å²) in [5, 5.41) is 5.86. The number of benzene rings is 2. The van der Waals surface area contributed by atoms with Crippen LogP contribution in [-0.2, 0) is 4.79 Å². The van der Waals surface area contributed by atoms with Crippen molar-refractivity contribution in [2.45, 2.75) is 0 Å². The molecule has 0 bridgehead atoms. The van der Waals surface area contributed by atoms with Crippen LogP contribution in [0.1, 0.15) is 0 Å². The minimum Gasteiger partial charge on any atom is -0.369 e. The van der Waals surface area contributed by atoms with Gasteiger partial charge in [0.25, 0.3) is 5.56 Å². The van der Waals surface area contributed by atoms with Crippen molar-refractivity contribution in [3.05, 3.63) is 83.8 Å². The van der Waals surface area contributed by atoms with Gasteiger partial charge in [-0.05, 0) is 55.6 Å². The van der Waals surface area contributed by atoms with E-state index in [4.69, 9.17) is 0 Å². The highest BCUT2D eigenvalue weighted by molar-refractivity contribution is 5.99. The Morgan fingerprint density at radius 2 is 1.78 bits per heavy atom. The second-order valence-corrected chi connectivity index (χ2v) is 8.70. The summed E-state index contributed by atoms with van der Waals surface area (Å²) in [6, 6.07) is 11.9. The maximum atomic E-state index is 14.4. The number of aromatic nitrogens is 4. The zero-order chi connectivity index (χ0) is 25.9. The lowest BCUT2D eigenvalue weighted by molar-refractivity contribution is -0.111. The van der Waals surface area contributed by atoms with Gasteiger partial charge in [-0.1, -0.05) is 6.58 Å². The van der Waals surface area contributed by atoms with Crippen molar-refractivity contribution in [2.24, 2.45) is 0 Å². The summed E-state index contributed by atoms with van der Waals surface area (Å²) in [4.78, 5) is 41.4. The summed E-state index contributed by atoms with van der Waals surface area (Å²) in [5.74, 6) is -0.806. The Labute approximate surface area is 212 Å². The minimum absolute atomic E-state index is 0.166.